The van der Waals surface area contributed by atoms with Gasteiger partial charge in [-0.2, -0.15) is 0 Å². The smallest absolute Gasteiger partial charge is 0.293 e. The zero-order chi connectivity index (χ0) is 5.70. The number of hydrogen-bond acceptors (Lipinski definition) is 2. The van der Waals surface area contributed by atoms with E-state index in [1.165, 1.54) is 0 Å². The molecule has 0 saturated heterocycles. The van der Waals surface area contributed by atoms with Crippen LogP contribution in [-0.4, -0.2) is 13.1 Å². The maximum absolute atomic E-state index is 9.65. The molecule has 0 aromatic carbocycles. The third-order valence-corrected chi connectivity index (χ3v) is 0.365. The molecule has 2 heteroatoms. The van der Waals surface area contributed by atoms with E-state index in [-0.39, 0.29) is 0 Å². The van der Waals surface area contributed by atoms with Crippen LogP contribution >= 0.6 is 0 Å². The molecule has 36 valence electrons. The Bertz CT molecular complexity index is 62.7. The monoisotopic (exact) mass is 89.1 g/mol. The second-order valence-electron chi connectivity index (χ2n) is 0.932. The Labute approximate surface area is 38.5 Å². The van der Waals surface area contributed by atoms with Crippen LogP contribution in [0.2, 0.25) is 0 Å². The van der Waals surface area contributed by atoms with E-state index in [0.717, 1.165) is 6.42 Å². The van der Waals surface area contributed by atoms with Gasteiger partial charge in [-0.15, -0.1) is 0 Å². The summed E-state index contributed by atoms with van der Waals surface area (Å²) >= 11 is 0. The minimum Gasteiger partial charge on any atom is -0.468 e. The summed E-state index contributed by atoms with van der Waals surface area (Å²) in [5, 5.41) is 0. The number of rotatable bonds is 2. The summed E-state index contributed by atoms with van der Waals surface area (Å²) in [5.74, 6) is 0. The lowest BCUT2D eigenvalue weighted by molar-refractivity contribution is -0.128. The molecule has 0 heterocycles. The lowest BCUT2D eigenvalue weighted by Gasteiger charge is -1.86. The van der Waals surface area contributed by atoms with Crippen molar-refractivity contribution < 1.29 is 10.9 Å². The first-order chi connectivity index (χ1) is 3.27. The van der Waals surface area contributed by atoms with Crippen LogP contribution in [0.15, 0.2) is 0 Å². The van der Waals surface area contributed by atoms with Gasteiger partial charge in [-0.25, -0.2) is 0 Å². The molecule has 0 N–H and O–H groups in total. The van der Waals surface area contributed by atoms with Gasteiger partial charge < -0.3 is 4.74 Å². The maximum Gasteiger partial charge on any atom is 0.293 e. The molecule has 0 spiro atoms. The van der Waals surface area contributed by atoms with E-state index in [1.807, 2.05) is 6.92 Å². The molecule has 0 fully saturated rings. The highest BCUT2D eigenvalue weighted by atomic mass is 16.5. The van der Waals surface area contributed by atoms with Gasteiger partial charge in [-0.1, -0.05) is 6.92 Å². The standard InChI is InChI=1S/C4H8O2/c1-2-3-6-4-5/h4H,2-3H2,1H3/i4D. The van der Waals surface area contributed by atoms with Crippen molar-refractivity contribution in [1.29, 1.82) is 0 Å². The molecule has 6 heavy (non-hydrogen) atoms. The zero-order valence-corrected chi connectivity index (χ0v) is 3.73. The largest absolute Gasteiger partial charge is 0.468 e. The average molecular weight is 89.1 g/mol. The molecule has 0 radical (unpaired) electrons. The molecule has 2 nitrogen and oxygen atoms in total. The van der Waals surface area contributed by atoms with Crippen LogP contribution in [0, 0.1) is 0 Å². The van der Waals surface area contributed by atoms with E-state index in [4.69, 9.17) is 1.37 Å². The Balaban J connectivity index is 2.82. The number of carbonyl (C=O) groups is 1. The average Bonchev–Trinajstić information content (AvgIpc) is 1.61. The Hall–Kier alpha value is -0.530. The number of carbonyl (C=O) groups excluding carboxylic acids is 1. The molecule has 0 aromatic rings. The van der Waals surface area contributed by atoms with Crippen molar-refractivity contribution in [3.05, 3.63) is 0 Å². The van der Waals surface area contributed by atoms with E-state index in [0.29, 0.717) is 6.61 Å². The number of ether oxygens (including phenoxy) is 1. The molecule has 0 saturated carbocycles. The van der Waals surface area contributed by atoms with Gasteiger partial charge in [0, 0.05) is 0 Å². The highest BCUT2D eigenvalue weighted by molar-refractivity contribution is 5.36. The summed E-state index contributed by atoms with van der Waals surface area (Å²) in [5.41, 5.74) is 0. The molecule has 0 atom stereocenters. The summed E-state index contributed by atoms with van der Waals surface area (Å²) in [6.45, 7) is 2.24. The fourth-order valence-electron chi connectivity index (χ4n) is 0.144. The molecular weight excluding hydrogens is 80.0 g/mol. The van der Waals surface area contributed by atoms with Crippen molar-refractivity contribution in [3.8, 4) is 0 Å². The van der Waals surface area contributed by atoms with Crippen LogP contribution in [0.25, 0.3) is 0 Å². The van der Waals surface area contributed by atoms with Gasteiger partial charge >= 0.3 is 0 Å². The van der Waals surface area contributed by atoms with E-state index in [2.05, 4.69) is 4.74 Å². The molecule has 0 unspecified atom stereocenters. The lowest BCUT2D eigenvalue weighted by Crippen LogP contribution is -1.86. The van der Waals surface area contributed by atoms with Gasteiger partial charge in [-0.05, 0) is 6.42 Å². The third-order valence-electron chi connectivity index (χ3n) is 0.365. The molecule has 0 amide bonds. The van der Waals surface area contributed by atoms with Crippen LogP contribution in [0.1, 0.15) is 14.7 Å². The normalized spacial score (nSPS) is 9.83. The molecule has 0 aliphatic carbocycles. The van der Waals surface area contributed by atoms with Gasteiger partial charge in [0.15, 0.2) is 1.37 Å². The molecule has 0 aliphatic rings. The summed E-state index contributed by atoms with van der Waals surface area (Å²) in [6, 6.07) is 0. The van der Waals surface area contributed by atoms with Crippen LogP contribution in [0.5, 0.6) is 0 Å². The molecule has 0 aromatic heterocycles. The molecular formula is C4H8O2. The number of hydrogen-bond donors (Lipinski definition) is 0. The van der Waals surface area contributed by atoms with Gasteiger partial charge in [0.05, 0.1) is 6.61 Å². The molecule has 0 rings (SSSR count). The summed E-state index contributed by atoms with van der Waals surface area (Å²) in [4.78, 5) is 9.65. The Kier molecular flexibility index (Phi) is 2.72. The van der Waals surface area contributed by atoms with Crippen molar-refractivity contribution in [1.82, 2.24) is 0 Å². The second kappa shape index (κ2) is 4.47. The Morgan fingerprint density at radius 2 is 2.83 bits per heavy atom. The van der Waals surface area contributed by atoms with Crippen molar-refractivity contribution >= 4 is 6.45 Å². The zero-order valence-electron chi connectivity index (χ0n) is 4.73. The van der Waals surface area contributed by atoms with Gasteiger partial charge in [0.2, 0.25) is 0 Å². The fourth-order valence-corrected chi connectivity index (χ4v) is 0.144. The minimum absolute atomic E-state index is 0.363. The SMILES string of the molecule is [2H]C(=O)OCCC. The van der Waals surface area contributed by atoms with Crippen molar-refractivity contribution in [2.75, 3.05) is 6.61 Å². The quantitative estimate of drug-likeness (QED) is 0.462. The summed E-state index contributed by atoms with van der Waals surface area (Å²) in [7, 11) is 0. The summed E-state index contributed by atoms with van der Waals surface area (Å²) < 4.78 is 10.4. The minimum atomic E-state index is -0.943. The van der Waals surface area contributed by atoms with Gasteiger partial charge in [0.25, 0.3) is 6.45 Å². The van der Waals surface area contributed by atoms with Crippen molar-refractivity contribution in [3.63, 3.8) is 0 Å². The van der Waals surface area contributed by atoms with Crippen LogP contribution in [-0.2, 0) is 9.53 Å². The maximum atomic E-state index is 9.65. The van der Waals surface area contributed by atoms with Crippen molar-refractivity contribution in [2.24, 2.45) is 0 Å². The van der Waals surface area contributed by atoms with Crippen molar-refractivity contribution in [2.45, 2.75) is 13.3 Å². The Morgan fingerprint density at radius 1 is 2.17 bits per heavy atom. The fraction of sp³-hybridized carbons (Fsp3) is 0.750. The Morgan fingerprint density at radius 3 is 3.00 bits per heavy atom. The van der Waals surface area contributed by atoms with Gasteiger partial charge in [-0.3, -0.25) is 4.79 Å². The van der Waals surface area contributed by atoms with Crippen LogP contribution in [0.4, 0.5) is 0 Å². The van der Waals surface area contributed by atoms with Gasteiger partial charge in [0.1, 0.15) is 0 Å². The first-order valence-corrected chi connectivity index (χ1v) is 1.90. The highest BCUT2D eigenvalue weighted by Crippen LogP contribution is 1.71. The predicted molar refractivity (Wildman–Crippen MR) is 22.3 cm³/mol. The van der Waals surface area contributed by atoms with Crippen LogP contribution in [0.3, 0.4) is 0 Å². The van der Waals surface area contributed by atoms with Crippen LogP contribution < -0.4 is 0 Å². The second-order valence-corrected chi connectivity index (χ2v) is 0.932. The summed E-state index contributed by atoms with van der Waals surface area (Å²) in [6.07, 6.45) is -0.160. The van der Waals surface area contributed by atoms with E-state index >= 15 is 0 Å². The topological polar surface area (TPSA) is 26.3 Å². The van der Waals surface area contributed by atoms with E-state index < -0.39 is 6.45 Å². The lowest BCUT2D eigenvalue weighted by atomic mass is 10.5. The molecule has 0 aliphatic heterocycles. The molecule has 0 bridgehead atoms. The first-order valence-electron chi connectivity index (χ1n) is 2.40. The third kappa shape index (κ3) is 3.47. The van der Waals surface area contributed by atoms with E-state index in [9.17, 15) is 4.79 Å². The highest BCUT2D eigenvalue weighted by Gasteiger charge is 1.71. The van der Waals surface area contributed by atoms with E-state index in [1.54, 1.807) is 0 Å². The predicted octanol–water partition coefficient (Wildman–Crippen LogP) is 0.569. The first kappa shape index (κ1) is 3.65.